The Morgan fingerprint density at radius 3 is 1.31 bits per heavy atom. The van der Waals surface area contributed by atoms with Crippen molar-refractivity contribution in [2.24, 2.45) is 0 Å². The minimum absolute atomic E-state index is 0.427. The van der Waals surface area contributed by atoms with Crippen molar-refractivity contribution in [3.8, 4) is 67.5 Å². The Morgan fingerprint density at radius 1 is 0.309 bits per heavy atom. The minimum Gasteiger partial charge on any atom is -0.292 e. The maximum atomic E-state index is 5.35. The molecule has 1 aliphatic carbocycles. The van der Waals surface area contributed by atoms with E-state index in [1.54, 1.807) is 0 Å². The number of hydrogen-bond donors (Lipinski definition) is 0. The van der Waals surface area contributed by atoms with Gasteiger partial charge in [0.15, 0.2) is 0 Å². The van der Waals surface area contributed by atoms with Crippen molar-refractivity contribution in [3.63, 3.8) is 0 Å². The lowest BCUT2D eigenvalue weighted by molar-refractivity contribution is 0.722. The molecule has 0 saturated carbocycles. The summed E-state index contributed by atoms with van der Waals surface area (Å²) in [6.07, 6.45) is 0. The largest absolute Gasteiger partial charge is 0.292 e. The third kappa shape index (κ3) is 5.82. The van der Waals surface area contributed by atoms with Gasteiger partial charge in [0.25, 0.3) is 0 Å². The Morgan fingerprint density at radius 2 is 0.735 bits per heavy atom. The highest BCUT2D eigenvalue weighted by Gasteiger charge is 2.50. The zero-order chi connectivity index (χ0) is 44.8. The van der Waals surface area contributed by atoms with Crippen LogP contribution in [-0.2, 0) is 5.41 Å². The first kappa shape index (κ1) is 38.7. The fourth-order valence-corrected chi connectivity index (χ4v) is 12.2. The lowest BCUT2D eigenvalue weighted by Crippen LogP contribution is -2.31. The van der Waals surface area contributed by atoms with Gasteiger partial charge in [0.05, 0.1) is 27.5 Å². The summed E-state index contributed by atoms with van der Waals surface area (Å²) in [6, 6.07) is 88.0. The molecular formula is C63H40N4S. The minimum atomic E-state index is -0.427. The Balaban J connectivity index is 0.947. The van der Waals surface area contributed by atoms with Crippen LogP contribution in [0.5, 0.6) is 0 Å². The molecule has 1 spiro atoms. The van der Waals surface area contributed by atoms with Crippen LogP contribution < -0.4 is 0 Å². The molecule has 0 atom stereocenters. The molecule has 0 fully saturated rings. The van der Waals surface area contributed by atoms with E-state index in [9.17, 15) is 0 Å². The molecule has 0 radical (unpaired) electrons. The summed E-state index contributed by atoms with van der Waals surface area (Å²) in [5.74, 6) is 1.74. The van der Waals surface area contributed by atoms with Gasteiger partial charge in [-0.3, -0.25) is 9.13 Å². The first-order chi connectivity index (χ1) is 33.7. The van der Waals surface area contributed by atoms with Crippen molar-refractivity contribution in [1.82, 2.24) is 19.1 Å². The van der Waals surface area contributed by atoms with E-state index in [-0.39, 0.29) is 0 Å². The first-order valence-corrected chi connectivity index (χ1v) is 24.0. The maximum Gasteiger partial charge on any atom is 0.145 e. The number of rotatable bonds is 6. The molecule has 318 valence electrons. The summed E-state index contributed by atoms with van der Waals surface area (Å²) in [5.41, 5.74) is 20.2. The van der Waals surface area contributed by atoms with Gasteiger partial charge >= 0.3 is 0 Å². The molecule has 2 aliphatic rings. The second-order valence-corrected chi connectivity index (χ2v) is 18.8. The summed E-state index contributed by atoms with van der Waals surface area (Å²) in [4.78, 5) is 13.3. The van der Waals surface area contributed by atoms with Gasteiger partial charge in [-0.2, -0.15) is 0 Å². The quantitative estimate of drug-likeness (QED) is 0.167. The molecule has 10 aromatic carbocycles. The summed E-state index contributed by atoms with van der Waals surface area (Å²) < 4.78 is 4.56. The third-order valence-electron chi connectivity index (χ3n) is 14.0. The molecule has 1 aliphatic heterocycles. The molecule has 4 nitrogen and oxygen atoms in total. The highest BCUT2D eigenvalue weighted by molar-refractivity contribution is 7.99. The Hall–Kier alpha value is -8.51. The average Bonchev–Trinajstić information content (AvgIpc) is 4.09. The third-order valence-corrected chi connectivity index (χ3v) is 15.2. The molecule has 68 heavy (non-hydrogen) atoms. The molecule has 5 heteroatoms. The lowest BCUT2D eigenvalue weighted by Gasteiger charge is -2.39. The molecule has 0 N–H and O–H groups in total. The van der Waals surface area contributed by atoms with Crippen LogP contribution in [-0.4, -0.2) is 19.1 Å². The van der Waals surface area contributed by atoms with Crippen LogP contribution in [0.15, 0.2) is 252 Å². The van der Waals surface area contributed by atoms with Crippen LogP contribution in [0.3, 0.4) is 0 Å². The molecular weight excluding hydrogens is 845 g/mol. The number of hydrogen-bond acceptors (Lipinski definition) is 3. The van der Waals surface area contributed by atoms with E-state index in [1.807, 2.05) is 11.8 Å². The standard InChI is InChI=1S/C63H40N4S/c1-3-17-47(18-4-1)66-57-27-13-11-25-55(57)64-61(66)45-37-44(38-46(39-45)62-65-56-26-12-14-28-58(56)67(62)48-19-5-2-6-20-48)42-33-31-41(32-34-42)43-35-36-50-49-21-7-8-22-51(49)63(54(50)40-43)52-23-9-15-29-59(52)68-60-30-16-10-24-53(60)63/h1-40H. The Kier molecular flexibility index (Phi) is 8.70. The van der Waals surface area contributed by atoms with Gasteiger partial charge in [-0.05, 0) is 141 Å². The van der Waals surface area contributed by atoms with Gasteiger partial charge in [0.1, 0.15) is 11.6 Å². The summed E-state index contributed by atoms with van der Waals surface area (Å²) in [7, 11) is 0. The van der Waals surface area contributed by atoms with E-state index in [1.165, 1.54) is 54.3 Å². The monoisotopic (exact) mass is 884 g/mol. The van der Waals surface area contributed by atoms with Crippen LogP contribution in [0.2, 0.25) is 0 Å². The molecule has 14 rings (SSSR count). The van der Waals surface area contributed by atoms with Gasteiger partial charge in [0, 0.05) is 32.3 Å². The second kappa shape index (κ2) is 15.3. The van der Waals surface area contributed by atoms with Crippen LogP contribution in [0, 0.1) is 0 Å². The maximum absolute atomic E-state index is 5.35. The number of imidazole rings is 2. The van der Waals surface area contributed by atoms with E-state index in [0.29, 0.717) is 0 Å². The predicted molar refractivity (Wildman–Crippen MR) is 279 cm³/mol. The average molecular weight is 885 g/mol. The number of aromatic nitrogens is 4. The van der Waals surface area contributed by atoms with Crippen molar-refractivity contribution >= 4 is 33.8 Å². The molecule has 3 heterocycles. The van der Waals surface area contributed by atoms with Gasteiger partial charge in [-0.1, -0.05) is 169 Å². The lowest BCUT2D eigenvalue weighted by atomic mass is 9.67. The Labute approximate surface area is 398 Å². The van der Waals surface area contributed by atoms with Crippen molar-refractivity contribution in [2.45, 2.75) is 15.2 Å². The van der Waals surface area contributed by atoms with Gasteiger partial charge < -0.3 is 0 Å². The van der Waals surface area contributed by atoms with Crippen molar-refractivity contribution in [3.05, 3.63) is 265 Å². The van der Waals surface area contributed by atoms with E-state index in [0.717, 1.165) is 67.3 Å². The molecule has 12 aromatic rings. The van der Waals surface area contributed by atoms with E-state index < -0.39 is 5.41 Å². The topological polar surface area (TPSA) is 35.6 Å². The predicted octanol–water partition coefficient (Wildman–Crippen LogP) is 15.9. The zero-order valence-corrected chi connectivity index (χ0v) is 37.6. The highest BCUT2D eigenvalue weighted by atomic mass is 32.2. The molecule has 0 unspecified atom stereocenters. The smallest absolute Gasteiger partial charge is 0.145 e. The van der Waals surface area contributed by atoms with E-state index >= 15 is 0 Å². The summed E-state index contributed by atoms with van der Waals surface area (Å²) in [5, 5.41) is 0. The van der Waals surface area contributed by atoms with Crippen molar-refractivity contribution in [1.29, 1.82) is 0 Å². The van der Waals surface area contributed by atoms with Crippen LogP contribution in [0.4, 0.5) is 0 Å². The fourth-order valence-electron chi connectivity index (χ4n) is 11.1. The Bertz CT molecular complexity index is 3760. The number of benzene rings is 10. The fraction of sp³-hybridized carbons (Fsp3) is 0.0159. The summed E-state index contributed by atoms with van der Waals surface area (Å²) >= 11 is 1.88. The van der Waals surface area contributed by atoms with Crippen molar-refractivity contribution in [2.75, 3.05) is 0 Å². The van der Waals surface area contributed by atoms with Crippen molar-refractivity contribution < 1.29 is 0 Å². The summed E-state index contributed by atoms with van der Waals surface area (Å²) in [6.45, 7) is 0. The van der Waals surface area contributed by atoms with Crippen LogP contribution in [0.1, 0.15) is 22.3 Å². The van der Waals surface area contributed by atoms with Crippen LogP contribution >= 0.6 is 11.8 Å². The normalized spacial score (nSPS) is 13.1. The number of nitrogens with zero attached hydrogens (tertiary/aromatic N) is 4. The first-order valence-electron chi connectivity index (χ1n) is 23.1. The molecule has 0 bridgehead atoms. The van der Waals surface area contributed by atoms with E-state index in [2.05, 4.69) is 252 Å². The zero-order valence-electron chi connectivity index (χ0n) is 36.8. The molecule has 2 aromatic heterocycles. The highest BCUT2D eigenvalue weighted by Crippen LogP contribution is 2.62. The number of para-hydroxylation sites is 6. The van der Waals surface area contributed by atoms with E-state index in [4.69, 9.17) is 9.97 Å². The number of fused-ring (bicyclic) bond motifs is 11. The molecule has 0 amide bonds. The molecule has 0 saturated heterocycles. The van der Waals surface area contributed by atoms with Gasteiger partial charge in [0.2, 0.25) is 0 Å². The SMILES string of the molecule is c1ccc(-n2c(-c3cc(-c4ccc(-c5ccc6c(c5)C5(c7ccccc7Sc7ccccc75)c5ccccc5-6)cc4)cc(-c4nc5ccccc5n4-c4ccccc4)c3)nc3ccccc32)cc1. The van der Waals surface area contributed by atoms with Gasteiger partial charge in [-0.15, -0.1) is 0 Å². The van der Waals surface area contributed by atoms with Gasteiger partial charge in [-0.25, -0.2) is 9.97 Å². The second-order valence-electron chi connectivity index (χ2n) is 17.7. The van der Waals surface area contributed by atoms with Crippen LogP contribution in [0.25, 0.3) is 89.6 Å².